The Labute approximate surface area is 178 Å². The van der Waals surface area contributed by atoms with Crippen molar-refractivity contribution in [1.29, 1.82) is 0 Å². The van der Waals surface area contributed by atoms with Crippen molar-refractivity contribution in [3.63, 3.8) is 0 Å². The van der Waals surface area contributed by atoms with Crippen molar-refractivity contribution in [3.8, 4) is 5.75 Å². The third kappa shape index (κ3) is 3.91. The van der Waals surface area contributed by atoms with Crippen LogP contribution in [0.25, 0.3) is 11.0 Å². The number of aromatic nitrogens is 2. The summed E-state index contributed by atoms with van der Waals surface area (Å²) in [6.45, 7) is 1.92. The van der Waals surface area contributed by atoms with Crippen molar-refractivity contribution < 1.29 is 35.0 Å². The molecular weight excluding hydrogens is 404 g/mol. The van der Waals surface area contributed by atoms with E-state index in [1.807, 2.05) is 16.7 Å². The summed E-state index contributed by atoms with van der Waals surface area (Å²) < 4.78 is 12.5. The van der Waals surface area contributed by atoms with Crippen molar-refractivity contribution in [2.45, 2.75) is 50.3 Å². The average Bonchev–Trinajstić information content (AvgIpc) is 3.19. The second-order valence-corrected chi connectivity index (χ2v) is 7.67. The monoisotopic (exact) mass is 430 g/mol. The average molecular weight is 430 g/mol. The van der Waals surface area contributed by atoms with E-state index in [0.29, 0.717) is 17.6 Å². The minimum Gasteiger partial charge on any atom is -0.452 e. The molecule has 1 aromatic heterocycles. The maximum Gasteiger partial charge on any atom is 0.288 e. The van der Waals surface area contributed by atoms with Gasteiger partial charge in [0, 0.05) is 6.54 Å². The summed E-state index contributed by atoms with van der Waals surface area (Å²) in [5.74, 6) is -2.52. The Morgan fingerprint density at radius 3 is 2.48 bits per heavy atom. The summed E-state index contributed by atoms with van der Waals surface area (Å²) in [4.78, 5) is 4.37. The highest BCUT2D eigenvalue weighted by atomic mass is 16.7. The van der Waals surface area contributed by atoms with Crippen LogP contribution >= 0.6 is 0 Å². The topological polar surface area (TPSA) is 137 Å². The number of ether oxygens (including phenoxy) is 2. The van der Waals surface area contributed by atoms with Crippen LogP contribution in [0.4, 0.5) is 0 Å². The van der Waals surface area contributed by atoms with Crippen LogP contribution in [0.3, 0.4) is 0 Å². The van der Waals surface area contributed by atoms with E-state index in [4.69, 9.17) is 9.47 Å². The molecule has 0 amide bonds. The van der Waals surface area contributed by atoms with Gasteiger partial charge in [-0.25, -0.2) is 4.98 Å². The quantitative estimate of drug-likeness (QED) is 0.349. The Bertz CT molecular complexity index is 1040. The summed E-state index contributed by atoms with van der Waals surface area (Å²) in [5.41, 5.74) is 3.38. The van der Waals surface area contributed by atoms with Crippen LogP contribution in [-0.2, 0) is 17.7 Å². The van der Waals surface area contributed by atoms with Gasteiger partial charge >= 0.3 is 0 Å². The van der Waals surface area contributed by atoms with Crippen LogP contribution in [0.5, 0.6) is 5.75 Å². The van der Waals surface area contributed by atoms with Gasteiger partial charge < -0.3 is 39.6 Å². The fourth-order valence-electron chi connectivity index (χ4n) is 3.75. The number of fused-ring (bicyclic) bond motifs is 1. The number of aliphatic hydroxyl groups excluding tert-OH is 4. The highest BCUT2D eigenvalue weighted by Crippen LogP contribution is 2.35. The van der Waals surface area contributed by atoms with Gasteiger partial charge in [0.05, 0.1) is 18.5 Å². The molecule has 0 radical (unpaired) electrons. The molecule has 2 aromatic carbocycles. The molecule has 1 aliphatic heterocycles. The number of nitrogens with zero attached hydrogens (tertiary/aromatic N) is 2. The molecule has 0 spiro atoms. The van der Waals surface area contributed by atoms with Crippen LogP contribution in [-0.4, -0.2) is 72.1 Å². The van der Waals surface area contributed by atoms with Gasteiger partial charge in [0.15, 0.2) is 6.10 Å². The third-order valence-corrected chi connectivity index (χ3v) is 5.62. The van der Waals surface area contributed by atoms with Crippen molar-refractivity contribution in [3.05, 3.63) is 59.9 Å². The number of imidazole rings is 1. The largest absolute Gasteiger partial charge is 0.452 e. The number of hydrogen-bond donors (Lipinski definition) is 5. The minimum atomic E-state index is -2.66. The standard InChI is InChI=1S/C22H26N2O7/c1-2-13-6-8-14(9-7-13)10-24-12-23-15-4-3-5-16(18(15)24)31-22(29)20(27)19(26)17(11-25)30-21(22)28/h3-9,12,17,19-21,25-29H,2,10-11H2,1H3/t17-,19-,20+,21+,22+/m1/s1. The number of aryl methyl sites for hydroxylation is 1. The second kappa shape index (κ2) is 8.54. The molecule has 5 N–H and O–H groups in total. The zero-order chi connectivity index (χ0) is 22.2. The lowest BCUT2D eigenvalue weighted by Gasteiger charge is -2.45. The maximum absolute atomic E-state index is 10.9. The molecule has 0 unspecified atom stereocenters. The molecule has 166 valence electrons. The SMILES string of the molecule is CCc1ccc(Cn2cnc3cccc(O[C@]4(O)[C@@H](O)O[C@H](CO)[C@@H](O)[C@@H]4O)c32)cc1. The van der Waals surface area contributed by atoms with Gasteiger partial charge in [-0.3, -0.25) is 0 Å². The fourth-order valence-corrected chi connectivity index (χ4v) is 3.75. The van der Waals surface area contributed by atoms with Crippen molar-refractivity contribution in [1.82, 2.24) is 9.55 Å². The molecular formula is C22H26N2O7. The summed E-state index contributed by atoms with van der Waals surface area (Å²) in [6, 6.07) is 13.1. The van der Waals surface area contributed by atoms with Gasteiger partial charge in [0.2, 0.25) is 6.29 Å². The van der Waals surface area contributed by atoms with Crippen LogP contribution in [0.2, 0.25) is 0 Å². The van der Waals surface area contributed by atoms with Crippen LogP contribution in [0.15, 0.2) is 48.8 Å². The molecule has 1 saturated heterocycles. The predicted octanol–water partition coefficient (Wildman–Crippen LogP) is 0.146. The highest BCUT2D eigenvalue weighted by Gasteiger charge is 2.57. The van der Waals surface area contributed by atoms with E-state index in [0.717, 1.165) is 12.0 Å². The molecule has 1 aliphatic rings. The first-order valence-corrected chi connectivity index (χ1v) is 10.1. The first-order chi connectivity index (χ1) is 14.9. The molecule has 1 fully saturated rings. The lowest BCUT2D eigenvalue weighted by atomic mass is 9.96. The Kier molecular flexibility index (Phi) is 5.98. The van der Waals surface area contributed by atoms with E-state index in [1.54, 1.807) is 24.5 Å². The number of hydrogen-bond acceptors (Lipinski definition) is 8. The van der Waals surface area contributed by atoms with Gasteiger partial charge in [-0.05, 0) is 29.7 Å². The lowest BCUT2D eigenvalue weighted by Crippen LogP contribution is -2.69. The zero-order valence-electron chi connectivity index (χ0n) is 17.0. The molecule has 3 aromatic rings. The van der Waals surface area contributed by atoms with Gasteiger partial charge in [-0.1, -0.05) is 37.3 Å². The minimum absolute atomic E-state index is 0.138. The van der Waals surface area contributed by atoms with Gasteiger partial charge in [-0.2, -0.15) is 0 Å². The van der Waals surface area contributed by atoms with Crippen LogP contribution in [0, 0.1) is 0 Å². The predicted molar refractivity (Wildman–Crippen MR) is 110 cm³/mol. The maximum atomic E-state index is 10.9. The Balaban J connectivity index is 1.67. The summed E-state index contributed by atoms with van der Waals surface area (Å²) in [6.07, 6.45) is -4.28. The Morgan fingerprint density at radius 1 is 1.10 bits per heavy atom. The van der Waals surface area contributed by atoms with Gasteiger partial charge in [0.1, 0.15) is 23.5 Å². The van der Waals surface area contributed by atoms with Crippen LogP contribution < -0.4 is 4.74 Å². The van der Waals surface area contributed by atoms with Crippen molar-refractivity contribution in [2.75, 3.05) is 6.61 Å². The van der Waals surface area contributed by atoms with E-state index < -0.39 is 37.0 Å². The molecule has 9 nitrogen and oxygen atoms in total. The molecule has 0 bridgehead atoms. The van der Waals surface area contributed by atoms with E-state index in [2.05, 4.69) is 24.0 Å². The number of aliphatic hydroxyl groups is 5. The molecule has 2 heterocycles. The lowest BCUT2D eigenvalue weighted by molar-refractivity contribution is -0.385. The first kappa shape index (κ1) is 21.7. The molecule has 31 heavy (non-hydrogen) atoms. The molecule has 0 saturated carbocycles. The number of rotatable bonds is 6. The van der Waals surface area contributed by atoms with E-state index >= 15 is 0 Å². The third-order valence-electron chi connectivity index (χ3n) is 5.62. The van der Waals surface area contributed by atoms with Crippen molar-refractivity contribution >= 4 is 11.0 Å². The number of para-hydroxylation sites is 1. The van der Waals surface area contributed by atoms with Gasteiger partial charge in [0.25, 0.3) is 5.79 Å². The van der Waals surface area contributed by atoms with Crippen molar-refractivity contribution in [2.24, 2.45) is 0 Å². The second-order valence-electron chi connectivity index (χ2n) is 7.67. The first-order valence-electron chi connectivity index (χ1n) is 10.1. The summed E-state index contributed by atoms with van der Waals surface area (Å²) in [5, 5.41) is 50.9. The smallest absolute Gasteiger partial charge is 0.288 e. The molecule has 9 heteroatoms. The highest BCUT2D eigenvalue weighted by molar-refractivity contribution is 5.82. The van der Waals surface area contributed by atoms with E-state index in [1.165, 1.54) is 5.56 Å². The Hall–Kier alpha value is -2.53. The van der Waals surface area contributed by atoms with E-state index in [9.17, 15) is 25.5 Å². The molecule has 4 rings (SSSR count). The van der Waals surface area contributed by atoms with Gasteiger partial charge in [-0.15, -0.1) is 0 Å². The molecule has 5 atom stereocenters. The normalized spacial score (nSPS) is 28.7. The molecule has 0 aliphatic carbocycles. The fraction of sp³-hybridized carbons (Fsp3) is 0.409. The number of benzene rings is 2. The zero-order valence-corrected chi connectivity index (χ0v) is 17.0. The van der Waals surface area contributed by atoms with E-state index in [-0.39, 0.29) is 5.75 Å². The summed E-state index contributed by atoms with van der Waals surface area (Å²) >= 11 is 0. The Morgan fingerprint density at radius 2 is 1.81 bits per heavy atom. The van der Waals surface area contributed by atoms with Crippen LogP contribution in [0.1, 0.15) is 18.1 Å². The summed E-state index contributed by atoms with van der Waals surface area (Å²) in [7, 11) is 0.